The van der Waals surface area contributed by atoms with Crippen molar-refractivity contribution in [3.05, 3.63) is 24.3 Å². The molecule has 1 heterocycles. The van der Waals surface area contributed by atoms with Gasteiger partial charge in [-0.1, -0.05) is 25.0 Å². The van der Waals surface area contributed by atoms with Gasteiger partial charge in [-0.05, 0) is 31.9 Å². The molecule has 0 aliphatic heterocycles. The Bertz CT molecular complexity index is 623. The van der Waals surface area contributed by atoms with Gasteiger partial charge in [0.2, 0.25) is 5.95 Å². The normalized spacial score (nSPS) is 17.0. The molecule has 5 nitrogen and oxygen atoms in total. The van der Waals surface area contributed by atoms with Crippen LogP contribution in [0.2, 0.25) is 0 Å². The largest absolute Gasteiger partial charge is 0.388 e. The molecule has 2 aromatic rings. The van der Waals surface area contributed by atoms with Crippen LogP contribution in [-0.4, -0.2) is 33.8 Å². The highest BCUT2D eigenvalue weighted by atomic mass is 16.3. The highest BCUT2D eigenvalue weighted by Gasteiger charge is 2.31. The number of rotatable bonds is 5. The molecule has 1 aliphatic rings. The topological polar surface area (TPSA) is 70.1 Å². The van der Waals surface area contributed by atoms with Crippen LogP contribution in [0.15, 0.2) is 24.3 Å². The molecule has 5 heteroatoms. The Balaban J connectivity index is 1.88. The predicted molar refractivity (Wildman–Crippen MR) is 85.6 cm³/mol. The van der Waals surface area contributed by atoms with Crippen molar-refractivity contribution in [3.63, 3.8) is 0 Å². The second kappa shape index (κ2) is 5.85. The monoisotopic (exact) mass is 286 g/mol. The predicted octanol–water partition coefficient (Wildman–Crippen LogP) is 2.78. The van der Waals surface area contributed by atoms with Crippen LogP contribution < -0.4 is 10.6 Å². The second-order valence-corrected chi connectivity index (χ2v) is 5.73. The molecule has 112 valence electrons. The van der Waals surface area contributed by atoms with Gasteiger partial charge in [-0.15, -0.1) is 0 Å². The summed E-state index contributed by atoms with van der Waals surface area (Å²) in [5.41, 5.74) is 0.314. The number of aromatic nitrogens is 2. The van der Waals surface area contributed by atoms with Gasteiger partial charge in [-0.2, -0.15) is 4.98 Å². The smallest absolute Gasteiger partial charge is 0.225 e. The summed E-state index contributed by atoms with van der Waals surface area (Å²) in [6.07, 6.45) is 3.93. The third kappa shape index (κ3) is 3.08. The Morgan fingerprint density at radius 1 is 1.14 bits per heavy atom. The Labute approximate surface area is 124 Å². The van der Waals surface area contributed by atoms with E-state index in [2.05, 4.69) is 20.6 Å². The molecule has 0 unspecified atom stereocenters. The van der Waals surface area contributed by atoms with Crippen molar-refractivity contribution in [1.82, 2.24) is 9.97 Å². The number of para-hydroxylation sites is 1. The summed E-state index contributed by atoms with van der Waals surface area (Å²) in [5.74, 6) is 1.41. The van der Waals surface area contributed by atoms with E-state index in [0.717, 1.165) is 48.9 Å². The Morgan fingerprint density at radius 2 is 1.90 bits per heavy atom. The van der Waals surface area contributed by atoms with Gasteiger partial charge in [0.05, 0.1) is 11.1 Å². The molecular formula is C16H22N4O. The van der Waals surface area contributed by atoms with Gasteiger partial charge in [-0.3, -0.25) is 0 Å². The molecule has 0 saturated heterocycles. The second-order valence-electron chi connectivity index (χ2n) is 5.73. The van der Waals surface area contributed by atoms with E-state index in [1.807, 2.05) is 31.2 Å². The first-order chi connectivity index (χ1) is 10.2. The molecule has 1 aromatic heterocycles. The van der Waals surface area contributed by atoms with E-state index in [1.165, 1.54) is 0 Å². The molecule has 0 radical (unpaired) electrons. The van der Waals surface area contributed by atoms with Gasteiger partial charge in [-0.25, -0.2) is 4.98 Å². The van der Waals surface area contributed by atoms with Crippen molar-refractivity contribution in [2.75, 3.05) is 23.7 Å². The van der Waals surface area contributed by atoms with Crippen molar-refractivity contribution in [3.8, 4) is 0 Å². The summed E-state index contributed by atoms with van der Waals surface area (Å²) in [4.78, 5) is 9.04. The molecule has 21 heavy (non-hydrogen) atoms. The van der Waals surface area contributed by atoms with Gasteiger partial charge >= 0.3 is 0 Å². The lowest BCUT2D eigenvalue weighted by Crippen LogP contribution is -2.33. The van der Waals surface area contributed by atoms with Gasteiger partial charge in [0, 0.05) is 18.5 Å². The SMILES string of the molecule is CCNc1nc(NCC2(O)CCCC2)c2ccccc2n1. The number of anilines is 2. The maximum Gasteiger partial charge on any atom is 0.225 e. The van der Waals surface area contributed by atoms with Crippen molar-refractivity contribution < 1.29 is 5.11 Å². The quantitative estimate of drug-likeness (QED) is 0.788. The summed E-state index contributed by atoms with van der Waals surface area (Å²) in [6.45, 7) is 3.34. The molecule has 1 aromatic carbocycles. The summed E-state index contributed by atoms with van der Waals surface area (Å²) < 4.78 is 0. The first kappa shape index (κ1) is 14.1. The van der Waals surface area contributed by atoms with Crippen molar-refractivity contribution in [2.24, 2.45) is 0 Å². The van der Waals surface area contributed by atoms with Crippen LogP contribution >= 0.6 is 0 Å². The fourth-order valence-corrected chi connectivity index (χ4v) is 2.91. The maximum atomic E-state index is 10.5. The highest BCUT2D eigenvalue weighted by Crippen LogP contribution is 2.30. The summed E-state index contributed by atoms with van der Waals surface area (Å²) in [6, 6.07) is 7.94. The minimum atomic E-state index is -0.593. The Morgan fingerprint density at radius 3 is 2.67 bits per heavy atom. The standard InChI is InChI=1S/C16H22N4O/c1-2-17-15-19-13-8-4-3-7-12(13)14(20-15)18-11-16(21)9-5-6-10-16/h3-4,7-8,21H,2,5-6,9-11H2,1H3,(H2,17,18,19,20). The number of hydrogen-bond donors (Lipinski definition) is 3. The molecule has 1 fully saturated rings. The number of aliphatic hydroxyl groups is 1. The molecule has 0 bridgehead atoms. The van der Waals surface area contributed by atoms with Crippen molar-refractivity contribution in [2.45, 2.75) is 38.2 Å². The first-order valence-corrected chi connectivity index (χ1v) is 7.67. The van der Waals surface area contributed by atoms with E-state index >= 15 is 0 Å². The van der Waals surface area contributed by atoms with E-state index in [-0.39, 0.29) is 0 Å². The minimum absolute atomic E-state index is 0.541. The van der Waals surface area contributed by atoms with Gasteiger partial charge in [0.1, 0.15) is 5.82 Å². The fraction of sp³-hybridized carbons (Fsp3) is 0.500. The van der Waals surface area contributed by atoms with E-state index in [4.69, 9.17) is 0 Å². The highest BCUT2D eigenvalue weighted by molar-refractivity contribution is 5.90. The van der Waals surface area contributed by atoms with Gasteiger partial charge in [0.15, 0.2) is 0 Å². The lowest BCUT2D eigenvalue weighted by Gasteiger charge is -2.23. The zero-order chi connectivity index (χ0) is 14.7. The van der Waals surface area contributed by atoms with Crippen LogP contribution in [0, 0.1) is 0 Å². The summed E-state index contributed by atoms with van der Waals surface area (Å²) in [7, 11) is 0. The van der Waals surface area contributed by atoms with Gasteiger partial charge < -0.3 is 15.7 Å². The van der Waals surface area contributed by atoms with Gasteiger partial charge in [0.25, 0.3) is 0 Å². The van der Waals surface area contributed by atoms with E-state index in [0.29, 0.717) is 12.5 Å². The number of hydrogen-bond acceptors (Lipinski definition) is 5. The lowest BCUT2D eigenvalue weighted by atomic mass is 10.0. The number of benzene rings is 1. The lowest BCUT2D eigenvalue weighted by molar-refractivity contribution is 0.0614. The average molecular weight is 286 g/mol. The third-order valence-corrected chi connectivity index (χ3v) is 4.06. The first-order valence-electron chi connectivity index (χ1n) is 7.67. The zero-order valence-electron chi connectivity index (χ0n) is 12.4. The number of nitrogens with zero attached hydrogens (tertiary/aromatic N) is 2. The molecule has 3 rings (SSSR count). The van der Waals surface area contributed by atoms with Crippen LogP contribution in [0.4, 0.5) is 11.8 Å². The van der Waals surface area contributed by atoms with Crippen LogP contribution in [-0.2, 0) is 0 Å². The molecule has 0 amide bonds. The van der Waals surface area contributed by atoms with Crippen LogP contribution in [0.5, 0.6) is 0 Å². The molecule has 3 N–H and O–H groups in total. The van der Waals surface area contributed by atoms with Crippen molar-refractivity contribution in [1.29, 1.82) is 0 Å². The zero-order valence-corrected chi connectivity index (χ0v) is 12.4. The molecule has 0 spiro atoms. The summed E-state index contributed by atoms with van der Waals surface area (Å²) in [5, 5.41) is 17.9. The summed E-state index contributed by atoms with van der Waals surface area (Å²) >= 11 is 0. The average Bonchev–Trinajstić information content (AvgIpc) is 2.92. The Hall–Kier alpha value is -1.88. The molecule has 0 atom stereocenters. The molecular weight excluding hydrogens is 264 g/mol. The van der Waals surface area contributed by atoms with Crippen LogP contribution in [0.1, 0.15) is 32.6 Å². The van der Waals surface area contributed by atoms with Crippen LogP contribution in [0.3, 0.4) is 0 Å². The van der Waals surface area contributed by atoms with E-state index in [1.54, 1.807) is 0 Å². The number of nitrogens with one attached hydrogen (secondary N) is 2. The third-order valence-electron chi connectivity index (χ3n) is 4.06. The Kier molecular flexibility index (Phi) is 3.92. The molecule has 1 aliphatic carbocycles. The van der Waals surface area contributed by atoms with Crippen LogP contribution in [0.25, 0.3) is 10.9 Å². The van der Waals surface area contributed by atoms with E-state index in [9.17, 15) is 5.11 Å². The minimum Gasteiger partial charge on any atom is -0.388 e. The number of fused-ring (bicyclic) bond motifs is 1. The fourth-order valence-electron chi connectivity index (χ4n) is 2.91. The maximum absolute atomic E-state index is 10.5. The molecule has 1 saturated carbocycles. The van der Waals surface area contributed by atoms with Crippen molar-refractivity contribution >= 4 is 22.7 Å². The van der Waals surface area contributed by atoms with E-state index < -0.39 is 5.60 Å².